The second-order valence-corrected chi connectivity index (χ2v) is 8.32. The fourth-order valence-corrected chi connectivity index (χ4v) is 3.15. The Hall–Kier alpha value is -4.14. The van der Waals surface area contributed by atoms with Crippen molar-refractivity contribution in [3.05, 3.63) is 79.0 Å². The molecule has 2 aromatic heterocycles. The Labute approximate surface area is 189 Å². The molecule has 0 atom stereocenters. The molecule has 0 fully saturated rings. The number of allylic oxidation sites excluding steroid dienone is 1. The molecule has 3 aromatic rings. The van der Waals surface area contributed by atoms with Crippen LogP contribution in [0.3, 0.4) is 0 Å². The van der Waals surface area contributed by atoms with Crippen molar-refractivity contribution in [3.63, 3.8) is 0 Å². The number of H-pyrrole nitrogens is 3. The second kappa shape index (κ2) is 9.56. The summed E-state index contributed by atoms with van der Waals surface area (Å²) in [5, 5.41) is 0.222. The smallest absolute Gasteiger partial charge is 0.308 e. The number of ether oxygens (including phenoxy) is 2. The zero-order valence-electron chi connectivity index (χ0n) is 19.1. The normalized spacial score (nSPS) is 13.0. The van der Waals surface area contributed by atoms with Crippen molar-refractivity contribution in [1.29, 1.82) is 0 Å². The summed E-state index contributed by atoms with van der Waals surface area (Å²) in [4.78, 5) is 48.7. The predicted molar refractivity (Wildman–Crippen MR) is 126 cm³/mol. The average Bonchev–Trinajstić information content (AvgIpc) is 3.21. The van der Waals surface area contributed by atoms with E-state index in [0.29, 0.717) is 17.2 Å². The molecule has 0 saturated heterocycles. The van der Waals surface area contributed by atoms with Crippen LogP contribution < -0.4 is 31.3 Å². The highest BCUT2D eigenvalue weighted by molar-refractivity contribution is 5.71. The van der Waals surface area contributed by atoms with Crippen molar-refractivity contribution in [2.24, 2.45) is 0 Å². The monoisotopic (exact) mass is 450 g/mol. The number of aromatic amines is 3. The van der Waals surface area contributed by atoms with Crippen LogP contribution in [0.2, 0.25) is 0 Å². The maximum atomic E-state index is 12.5. The minimum Gasteiger partial charge on any atom is -0.493 e. The van der Waals surface area contributed by atoms with Crippen LogP contribution in [-0.2, 0) is 10.2 Å². The van der Waals surface area contributed by atoms with E-state index in [1.54, 1.807) is 42.8 Å². The van der Waals surface area contributed by atoms with Gasteiger partial charge in [0.25, 0.3) is 11.1 Å². The van der Waals surface area contributed by atoms with Crippen LogP contribution in [0.5, 0.6) is 11.5 Å². The maximum absolute atomic E-state index is 12.5. The van der Waals surface area contributed by atoms with Gasteiger partial charge >= 0.3 is 5.97 Å². The van der Waals surface area contributed by atoms with Crippen molar-refractivity contribution < 1.29 is 14.3 Å². The molecule has 0 saturated carbocycles. The molecule has 0 aliphatic rings. The molecule has 2 heterocycles. The number of nitrogens with zero attached hydrogens (tertiary/aromatic N) is 1. The van der Waals surface area contributed by atoms with Gasteiger partial charge in [0.1, 0.15) is 10.7 Å². The molecule has 0 aliphatic heterocycles. The quantitative estimate of drug-likeness (QED) is 0.397. The van der Waals surface area contributed by atoms with Gasteiger partial charge in [-0.25, -0.2) is 4.98 Å². The number of carbonyl (C=O) groups excluding carboxylic acids is 1. The molecule has 1 aromatic carbocycles. The third-order valence-electron chi connectivity index (χ3n) is 4.68. The fourth-order valence-electron chi connectivity index (χ4n) is 3.15. The summed E-state index contributed by atoms with van der Waals surface area (Å²) in [5.74, 6) is 0.257. The van der Waals surface area contributed by atoms with Crippen molar-refractivity contribution in [3.8, 4) is 11.5 Å². The zero-order valence-corrected chi connectivity index (χ0v) is 19.1. The number of hydrogen-bond acceptors (Lipinski definition) is 6. The molecule has 3 N–H and O–H groups in total. The zero-order chi connectivity index (χ0) is 24.2. The lowest BCUT2D eigenvalue weighted by Crippen LogP contribution is -2.46. The lowest BCUT2D eigenvalue weighted by molar-refractivity contribution is -0.132. The molecule has 0 radical (unpaired) electrons. The summed E-state index contributed by atoms with van der Waals surface area (Å²) in [6, 6.07) is 5.03. The summed E-state index contributed by atoms with van der Waals surface area (Å²) in [6.45, 7) is 7.37. The molecule has 172 valence electrons. The first kappa shape index (κ1) is 23.5. The standard InChI is InChI=1S/C24H26N4O5/c1-14(29)33-19-10-9-15(11-20(19)32-5)7-6-8-16-22(30)28-18(23(31)27-16)12-17-21(24(2,3)4)26-13-25-17/h6-13H,1-5H3,(H,25,26)(H,27,31)(H,28,30)/b7-6+,16-8-,18-12-. The van der Waals surface area contributed by atoms with Crippen molar-refractivity contribution in [2.75, 3.05) is 7.11 Å². The van der Waals surface area contributed by atoms with E-state index in [2.05, 4.69) is 19.9 Å². The van der Waals surface area contributed by atoms with Gasteiger partial charge in [0.15, 0.2) is 11.5 Å². The number of carbonyl (C=O) groups is 1. The van der Waals surface area contributed by atoms with E-state index in [9.17, 15) is 14.4 Å². The lowest BCUT2D eigenvalue weighted by Gasteiger charge is -2.16. The van der Waals surface area contributed by atoms with Crippen LogP contribution in [0, 0.1) is 0 Å². The molecule has 0 aliphatic carbocycles. The van der Waals surface area contributed by atoms with E-state index in [0.717, 1.165) is 11.3 Å². The number of imidazole rings is 1. The van der Waals surface area contributed by atoms with E-state index in [1.165, 1.54) is 20.1 Å². The molecule has 0 unspecified atom stereocenters. The number of nitrogens with one attached hydrogen (secondary N) is 3. The van der Waals surface area contributed by atoms with E-state index in [1.807, 2.05) is 20.8 Å². The van der Waals surface area contributed by atoms with E-state index in [4.69, 9.17) is 9.47 Å². The first-order valence-electron chi connectivity index (χ1n) is 10.2. The summed E-state index contributed by atoms with van der Waals surface area (Å²) in [6.07, 6.45) is 7.94. The number of hydrogen-bond donors (Lipinski definition) is 3. The van der Waals surface area contributed by atoms with Gasteiger partial charge in [0.2, 0.25) is 0 Å². The molecule has 9 heteroatoms. The molecule has 3 rings (SSSR count). The summed E-state index contributed by atoms with van der Waals surface area (Å²) in [7, 11) is 1.47. The largest absolute Gasteiger partial charge is 0.493 e. The van der Waals surface area contributed by atoms with Crippen LogP contribution in [0.15, 0.2) is 40.2 Å². The Morgan fingerprint density at radius 3 is 2.42 bits per heavy atom. The number of rotatable bonds is 5. The van der Waals surface area contributed by atoms with E-state index >= 15 is 0 Å². The molecular weight excluding hydrogens is 424 g/mol. The average molecular weight is 450 g/mol. The number of aromatic nitrogens is 4. The lowest BCUT2D eigenvalue weighted by atomic mass is 9.90. The highest BCUT2D eigenvalue weighted by Crippen LogP contribution is 2.28. The predicted octanol–water partition coefficient (Wildman–Crippen LogP) is 1.34. The third-order valence-corrected chi connectivity index (χ3v) is 4.68. The Morgan fingerprint density at radius 1 is 1.06 bits per heavy atom. The number of esters is 1. The van der Waals surface area contributed by atoms with Crippen molar-refractivity contribution >= 4 is 24.2 Å². The fraction of sp³-hybridized carbons (Fsp3) is 0.250. The third kappa shape index (κ3) is 5.76. The SMILES string of the molecule is COc1cc(/C=C/C=c2\[nH]c(=O)/c(=C/c3nc[nH]c3C(C)(C)C)[nH]c2=O)ccc1OC(C)=O. The van der Waals surface area contributed by atoms with Gasteiger partial charge in [0.05, 0.1) is 19.1 Å². The van der Waals surface area contributed by atoms with Crippen molar-refractivity contribution in [1.82, 2.24) is 19.9 Å². The van der Waals surface area contributed by atoms with Crippen LogP contribution >= 0.6 is 0 Å². The minimum absolute atomic E-state index is 0.106. The van der Waals surface area contributed by atoms with Gasteiger partial charge in [0, 0.05) is 18.0 Å². The summed E-state index contributed by atoms with van der Waals surface area (Å²) in [5.41, 5.74) is 1.11. The number of methoxy groups -OCH3 is 1. The van der Waals surface area contributed by atoms with E-state index in [-0.39, 0.29) is 16.1 Å². The van der Waals surface area contributed by atoms with Gasteiger partial charge < -0.3 is 24.4 Å². The van der Waals surface area contributed by atoms with Gasteiger partial charge in [-0.05, 0) is 29.8 Å². The highest BCUT2D eigenvalue weighted by Gasteiger charge is 2.19. The van der Waals surface area contributed by atoms with Crippen LogP contribution in [0.1, 0.15) is 44.6 Å². The second-order valence-electron chi connectivity index (χ2n) is 8.32. The summed E-state index contributed by atoms with van der Waals surface area (Å²) < 4.78 is 10.3. The minimum atomic E-state index is -0.448. The van der Waals surface area contributed by atoms with Gasteiger partial charge in [-0.3, -0.25) is 14.4 Å². The van der Waals surface area contributed by atoms with E-state index < -0.39 is 17.1 Å². The van der Waals surface area contributed by atoms with Gasteiger partial charge in [-0.15, -0.1) is 0 Å². The van der Waals surface area contributed by atoms with Crippen LogP contribution in [-0.4, -0.2) is 33.0 Å². The topological polar surface area (TPSA) is 130 Å². The summed E-state index contributed by atoms with van der Waals surface area (Å²) >= 11 is 0. The molecule has 9 nitrogen and oxygen atoms in total. The molecule has 0 spiro atoms. The Kier molecular flexibility index (Phi) is 6.81. The Balaban J connectivity index is 1.92. The first-order chi connectivity index (χ1) is 15.6. The highest BCUT2D eigenvalue weighted by atomic mass is 16.6. The first-order valence-corrected chi connectivity index (χ1v) is 10.2. The van der Waals surface area contributed by atoms with Crippen molar-refractivity contribution in [2.45, 2.75) is 33.1 Å². The van der Waals surface area contributed by atoms with Gasteiger partial charge in [-0.1, -0.05) is 39.0 Å². The van der Waals surface area contributed by atoms with Crippen LogP contribution in [0.4, 0.5) is 0 Å². The maximum Gasteiger partial charge on any atom is 0.308 e. The molecule has 33 heavy (non-hydrogen) atoms. The van der Waals surface area contributed by atoms with Gasteiger partial charge in [-0.2, -0.15) is 0 Å². The van der Waals surface area contributed by atoms with Crippen LogP contribution in [0.25, 0.3) is 18.2 Å². The molecule has 0 bridgehead atoms. The molecule has 0 amide bonds. The Bertz CT molecular complexity index is 1430. The Morgan fingerprint density at radius 2 is 1.76 bits per heavy atom. The number of benzene rings is 1. The molecular formula is C24H26N4O5.